The largest absolute Gasteiger partial charge is 1.00 e. The number of carboxylic acids is 1. The molecule has 0 aliphatic carbocycles. The number of nitrogens with one attached hydrogen (secondary N) is 1. The molecule has 92 valence electrons. The van der Waals surface area contributed by atoms with E-state index in [4.69, 9.17) is 10.8 Å². The second-order valence-electron chi connectivity index (χ2n) is 3.51. The molecule has 4 N–H and O–H groups in total. The van der Waals surface area contributed by atoms with Gasteiger partial charge < -0.3 is 21.3 Å². The molecule has 0 saturated carbocycles. The third-order valence-corrected chi connectivity index (χ3v) is 2.18. The van der Waals surface area contributed by atoms with Crippen molar-refractivity contribution in [1.82, 2.24) is 5.32 Å². The van der Waals surface area contributed by atoms with Gasteiger partial charge >= 0.3 is 24.8 Å². The fraction of sp³-hybridized carbons (Fsp3) is 0.273. The van der Waals surface area contributed by atoms with Gasteiger partial charge in [-0.15, -0.1) is 5.75 Å². The Labute approximate surface area is 116 Å². The van der Waals surface area contributed by atoms with Crippen LogP contribution in [0.2, 0.25) is 0 Å². The van der Waals surface area contributed by atoms with E-state index in [-0.39, 0.29) is 37.6 Å². The monoisotopic (exact) mass is 244 g/mol. The molecule has 0 spiro atoms. The first-order chi connectivity index (χ1) is 8.02. The van der Waals surface area contributed by atoms with Gasteiger partial charge in [0, 0.05) is 6.42 Å². The summed E-state index contributed by atoms with van der Waals surface area (Å²) in [6.45, 7) is -0.261. The maximum Gasteiger partial charge on any atom is 1.00 e. The first kappa shape index (κ1) is 16.5. The number of hydrogen-bond donors (Lipinski definition) is 3. The maximum absolute atomic E-state index is 11.0. The summed E-state index contributed by atoms with van der Waals surface area (Å²) in [6, 6.07) is 4.72. The molecule has 1 rings (SSSR count). The van der Waals surface area contributed by atoms with E-state index < -0.39 is 17.9 Å². The predicted molar refractivity (Wildman–Crippen MR) is 58.2 cm³/mol. The van der Waals surface area contributed by atoms with Crippen LogP contribution in [0.3, 0.4) is 0 Å². The van der Waals surface area contributed by atoms with E-state index >= 15 is 0 Å². The molecular weight excluding hydrogens is 231 g/mol. The molecule has 0 unspecified atom stereocenters. The van der Waals surface area contributed by atoms with Crippen LogP contribution in [0.1, 0.15) is 5.56 Å². The van der Waals surface area contributed by atoms with Crippen molar-refractivity contribution in [2.45, 2.75) is 12.5 Å². The Bertz CT molecular complexity index is 408. The van der Waals surface area contributed by atoms with Crippen molar-refractivity contribution in [2.75, 3.05) is 6.54 Å². The first-order valence-electron chi connectivity index (χ1n) is 5.01. The quantitative estimate of drug-likeness (QED) is 0.454. The molecule has 1 amide bonds. The van der Waals surface area contributed by atoms with E-state index in [2.05, 4.69) is 5.32 Å². The predicted octanol–water partition coefficient (Wildman–Crippen LogP) is -4.17. The molecule has 7 heteroatoms. The number of benzene rings is 1. The summed E-state index contributed by atoms with van der Waals surface area (Å²) in [5.74, 6) is -1.82. The Balaban J connectivity index is 0.00000289. The SMILES string of the molecule is NCC(=O)N[C@@H](Cc1ccc([O-])cc1)C(=O)O.[Li+]. The summed E-state index contributed by atoms with van der Waals surface area (Å²) >= 11 is 0. The van der Waals surface area contributed by atoms with Crippen LogP contribution in [-0.4, -0.2) is 29.6 Å². The molecule has 0 aliphatic heterocycles. The zero-order chi connectivity index (χ0) is 12.8. The number of nitrogens with two attached hydrogens (primary N) is 1. The number of amides is 1. The zero-order valence-electron chi connectivity index (χ0n) is 10.1. The average molecular weight is 244 g/mol. The van der Waals surface area contributed by atoms with Crippen molar-refractivity contribution in [3.8, 4) is 5.75 Å². The zero-order valence-corrected chi connectivity index (χ0v) is 10.1. The molecule has 0 heterocycles. The van der Waals surface area contributed by atoms with Gasteiger partial charge in [-0.1, -0.05) is 24.3 Å². The van der Waals surface area contributed by atoms with Crippen molar-refractivity contribution in [3.63, 3.8) is 0 Å². The Morgan fingerprint density at radius 2 is 1.89 bits per heavy atom. The minimum absolute atomic E-state index is 0. The Kier molecular flexibility index (Phi) is 7.13. The van der Waals surface area contributed by atoms with Crippen molar-refractivity contribution in [2.24, 2.45) is 5.73 Å². The molecule has 6 nitrogen and oxygen atoms in total. The third-order valence-electron chi connectivity index (χ3n) is 2.18. The fourth-order valence-corrected chi connectivity index (χ4v) is 1.31. The van der Waals surface area contributed by atoms with E-state index in [1.165, 1.54) is 24.3 Å². The number of aliphatic carboxylic acids is 1. The Morgan fingerprint density at radius 1 is 1.33 bits per heavy atom. The first-order valence-corrected chi connectivity index (χ1v) is 5.01. The number of carboxylic acid groups (broad SMARTS) is 1. The van der Waals surface area contributed by atoms with Gasteiger partial charge in [0.05, 0.1) is 6.54 Å². The summed E-state index contributed by atoms with van der Waals surface area (Å²) in [6.07, 6.45) is 0.112. The molecule has 0 radical (unpaired) electrons. The van der Waals surface area contributed by atoms with Crippen LogP contribution in [0.4, 0.5) is 0 Å². The second-order valence-corrected chi connectivity index (χ2v) is 3.51. The van der Waals surface area contributed by atoms with Gasteiger partial charge in [0.15, 0.2) is 0 Å². The van der Waals surface area contributed by atoms with E-state index in [1.807, 2.05) is 0 Å². The van der Waals surface area contributed by atoms with Gasteiger partial charge in [-0.25, -0.2) is 4.79 Å². The summed E-state index contributed by atoms with van der Waals surface area (Å²) in [5, 5.41) is 22.1. The molecule has 0 aromatic heterocycles. The minimum atomic E-state index is -1.14. The van der Waals surface area contributed by atoms with Crippen LogP contribution in [0.15, 0.2) is 24.3 Å². The van der Waals surface area contributed by atoms with Crippen LogP contribution in [0, 0.1) is 0 Å². The fourth-order valence-electron chi connectivity index (χ4n) is 1.31. The average Bonchev–Trinajstić information content (AvgIpc) is 2.30. The molecule has 0 bridgehead atoms. The van der Waals surface area contributed by atoms with Gasteiger partial charge in [-0.3, -0.25) is 4.79 Å². The van der Waals surface area contributed by atoms with E-state index in [1.54, 1.807) is 0 Å². The van der Waals surface area contributed by atoms with Crippen LogP contribution in [-0.2, 0) is 16.0 Å². The molecule has 1 atom stereocenters. The van der Waals surface area contributed by atoms with Gasteiger partial charge in [-0.2, -0.15) is 0 Å². The second kappa shape index (κ2) is 7.77. The Hall–Kier alpha value is -1.48. The summed E-state index contributed by atoms with van der Waals surface area (Å²) in [4.78, 5) is 21.9. The van der Waals surface area contributed by atoms with Gasteiger partial charge in [-0.05, 0) is 5.56 Å². The molecule has 0 saturated heterocycles. The molecular formula is C11H13LiN2O4. The van der Waals surface area contributed by atoms with Crippen molar-refractivity contribution in [3.05, 3.63) is 29.8 Å². The molecule has 0 fully saturated rings. The van der Waals surface area contributed by atoms with Gasteiger partial charge in [0.1, 0.15) is 6.04 Å². The Morgan fingerprint density at radius 3 is 2.33 bits per heavy atom. The number of hydrogen-bond acceptors (Lipinski definition) is 4. The maximum atomic E-state index is 11.0. The molecule has 1 aromatic carbocycles. The molecule has 18 heavy (non-hydrogen) atoms. The van der Waals surface area contributed by atoms with Crippen LogP contribution >= 0.6 is 0 Å². The molecule has 0 aliphatic rings. The number of rotatable bonds is 5. The summed E-state index contributed by atoms with van der Waals surface area (Å²) in [7, 11) is 0. The van der Waals surface area contributed by atoms with Crippen molar-refractivity contribution >= 4 is 11.9 Å². The summed E-state index contributed by atoms with van der Waals surface area (Å²) in [5.41, 5.74) is 5.75. The van der Waals surface area contributed by atoms with E-state index in [0.717, 1.165) is 0 Å². The number of carbonyl (C=O) groups is 2. The van der Waals surface area contributed by atoms with Crippen molar-refractivity contribution in [1.29, 1.82) is 0 Å². The summed E-state index contributed by atoms with van der Waals surface area (Å²) < 4.78 is 0. The van der Waals surface area contributed by atoms with Crippen LogP contribution in [0.25, 0.3) is 0 Å². The number of carbonyl (C=O) groups excluding carboxylic acids is 1. The van der Waals surface area contributed by atoms with Crippen LogP contribution < -0.4 is 35.0 Å². The van der Waals surface area contributed by atoms with Gasteiger partial charge in [0.2, 0.25) is 5.91 Å². The standard InChI is InChI=1S/C11H14N2O4.Li/c12-6-10(15)13-9(11(16)17)5-7-1-3-8(14)4-2-7;/h1-4,9,14H,5-6,12H2,(H,13,15)(H,16,17);/q;+1/p-1/t9-;/m0./s1. The van der Waals surface area contributed by atoms with E-state index in [9.17, 15) is 14.7 Å². The smallest absolute Gasteiger partial charge is 0.872 e. The van der Waals surface area contributed by atoms with E-state index in [0.29, 0.717) is 5.56 Å². The molecule has 1 aromatic rings. The van der Waals surface area contributed by atoms with Crippen molar-refractivity contribution < 1.29 is 38.7 Å². The third kappa shape index (κ3) is 5.23. The topological polar surface area (TPSA) is 115 Å². The minimum Gasteiger partial charge on any atom is -0.872 e. The van der Waals surface area contributed by atoms with Crippen LogP contribution in [0.5, 0.6) is 5.75 Å². The van der Waals surface area contributed by atoms with Gasteiger partial charge in [0.25, 0.3) is 0 Å². The normalized spacial score (nSPS) is 11.2.